The first-order valence-electron chi connectivity index (χ1n) is 20.8. The quantitative estimate of drug-likeness (QED) is 0.0480. The number of Topliss-reactive ketones (excluding diaryl/α,β-unsaturated/α-hetero) is 1. The molecule has 2 rings (SSSR count). The van der Waals surface area contributed by atoms with Gasteiger partial charge in [0.15, 0.2) is 0 Å². The predicted molar refractivity (Wildman–Crippen MR) is 235 cm³/mol. The van der Waals surface area contributed by atoms with E-state index < -0.39 is 139 Å². The van der Waals surface area contributed by atoms with Crippen molar-refractivity contribution in [1.29, 1.82) is 0 Å². The van der Waals surface area contributed by atoms with E-state index in [1.54, 1.807) is 26.8 Å². The zero-order chi connectivity index (χ0) is 49.3. The SMILES string of the molecule is C=CCNC(=O)C(=O)C(CCC)NC(=O)[C@@H]1CN(Cc2ccc(Cl)c(Cl)c2)C(=O)N1C(=O)[C@@H](NC(=O)[C@@H](NC(=O)[C@H](CCC(=O)O)NC(=O)[C@H](CCC(=O)O)NC(C)=O)C(C)C)C(C)C. The molecule has 0 spiro atoms. The molecule has 1 fully saturated rings. The predicted octanol–water partition coefficient (Wildman–Crippen LogP) is 1.28. The fourth-order valence-corrected chi connectivity index (χ4v) is 6.94. The molecular weight excluding hydrogens is 895 g/mol. The van der Waals surface area contributed by atoms with Crippen molar-refractivity contribution in [3.05, 3.63) is 46.5 Å². The van der Waals surface area contributed by atoms with Crippen molar-refractivity contribution in [2.45, 2.75) is 123 Å². The second kappa shape index (κ2) is 26.0. The molecule has 1 unspecified atom stereocenters. The smallest absolute Gasteiger partial charge is 0.327 e. The molecule has 23 heteroatoms. The molecule has 65 heavy (non-hydrogen) atoms. The van der Waals surface area contributed by atoms with Gasteiger partial charge in [-0.15, -0.1) is 6.58 Å². The van der Waals surface area contributed by atoms with Gasteiger partial charge in [0, 0.05) is 32.9 Å². The van der Waals surface area contributed by atoms with Crippen LogP contribution in [-0.2, 0) is 54.5 Å². The summed E-state index contributed by atoms with van der Waals surface area (Å²) in [5, 5.41) is 33.4. The Bertz CT molecular complexity index is 2000. The number of imide groups is 1. The minimum absolute atomic E-state index is 0.0253. The Kier molecular flexibility index (Phi) is 22.0. The van der Waals surface area contributed by atoms with Gasteiger partial charge in [0.1, 0.15) is 30.2 Å². The molecule has 1 aromatic rings. The summed E-state index contributed by atoms with van der Waals surface area (Å²) in [6, 6.07) is -5.31. The number of carboxylic acid groups (broad SMARTS) is 2. The fraction of sp³-hybridized carbons (Fsp3) is 0.548. The van der Waals surface area contributed by atoms with Crippen molar-refractivity contribution < 1.29 is 63.0 Å². The lowest BCUT2D eigenvalue weighted by atomic mass is 9.98. The van der Waals surface area contributed by atoms with E-state index in [2.05, 4.69) is 38.5 Å². The number of ketones is 1. The van der Waals surface area contributed by atoms with Gasteiger partial charge in [-0.1, -0.05) is 76.4 Å². The van der Waals surface area contributed by atoms with Crippen LogP contribution in [0.5, 0.6) is 0 Å². The molecule has 6 atom stereocenters. The molecular formula is C42H58Cl2N8O13. The molecule has 1 aromatic carbocycles. The van der Waals surface area contributed by atoms with Gasteiger partial charge in [-0.3, -0.25) is 47.9 Å². The third-order valence-electron chi connectivity index (χ3n) is 10.0. The van der Waals surface area contributed by atoms with E-state index in [1.807, 2.05) is 0 Å². The summed E-state index contributed by atoms with van der Waals surface area (Å²) in [7, 11) is 0. The van der Waals surface area contributed by atoms with E-state index in [0.717, 1.165) is 6.92 Å². The Balaban J connectivity index is 2.50. The summed E-state index contributed by atoms with van der Waals surface area (Å²) in [4.78, 5) is 146. The van der Waals surface area contributed by atoms with Crippen LogP contribution in [0.1, 0.15) is 85.6 Å². The molecule has 0 aliphatic carbocycles. The van der Waals surface area contributed by atoms with Crippen LogP contribution in [0.4, 0.5) is 4.79 Å². The lowest BCUT2D eigenvalue weighted by Gasteiger charge is -2.31. The van der Waals surface area contributed by atoms with E-state index in [-0.39, 0.29) is 36.0 Å². The topological polar surface area (TPSA) is 307 Å². The standard InChI is InChI=1S/C42H58Cl2N8O13/c1-8-10-27(35(58)40(63)45-17-9-2)47-38(61)30-20-51(19-24-11-12-25(43)26(44)18-24)42(65)52(30)41(64)34(22(5)6)50-39(62)33(21(3)4)49-37(60)29(14-16-32(56)57)48-36(59)28(46-23(7)53)13-15-31(54)55/h9,11-12,18,21-22,27-30,33-34H,2,8,10,13-17,19-20H2,1,3-7H3,(H,45,63)(H,46,53)(H,47,61)(H,48,59)(H,49,60)(H,50,62)(H,54,55)(H,56,57)/t27?,28-,29-,30-,33-,34-/m0/s1. The number of benzene rings is 1. The lowest BCUT2D eigenvalue weighted by Crippen LogP contribution is -2.62. The number of aliphatic carboxylic acids is 2. The van der Waals surface area contributed by atoms with Gasteiger partial charge in [-0.25, -0.2) is 9.69 Å². The molecule has 9 amide bonds. The average molecular weight is 954 g/mol. The van der Waals surface area contributed by atoms with E-state index in [0.29, 0.717) is 16.9 Å². The van der Waals surface area contributed by atoms with Crippen LogP contribution in [0.3, 0.4) is 0 Å². The molecule has 1 heterocycles. The van der Waals surface area contributed by atoms with Gasteiger partial charge in [-0.2, -0.15) is 0 Å². The summed E-state index contributed by atoms with van der Waals surface area (Å²) in [5.74, 6) is -11.7. The largest absolute Gasteiger partial charge is 0.481 e. The summed E-state index contributed by atoms with van der Waals surface area (Å²) < 4.78 is 0. The maximum absolute atomic E-state index is 14.6. The van der Waals surface area contributed by atoms with Gasteiger partial charge >= 0.3 is 18.0 Å². The van der Waals surface area contributed by atoms with Gasteiger partial charge in [0.25, 0.3) is 11.8 Å². The van der Waals surface area contributed by atoms with E-state index in [1.165, 1.54) is 37.0 Å². The highest BCUT2D eigenvalue weighted by Gasteiger charge is 2.48. The van der Waals surface area contributed by atoms with Crippen molar-refractivity contribution in [3.63, 3.8) is 0 Å². The maximum Gasteiger partial charge on any atom is 0.327 e. The summed E-state index contributed by atoms with van der Waals surface area (Å²) in [5.41, 5.74) is 0.479. The molecule has 1 saturated heterocycles. The molecule has 0 saturated carbocycles. The van der Waals surface area contributed by atoms with Gasteiger partial charge in [-0.05, 0) is 48.8 Å². The van der Waals surface area contributed by atoms with Crippen LogP contribution in [-0.4, -0.2) is 134 Å². The molecule has 0 bridgehead atoms. The number of carbonyl (C=O) groups excluding carboxylic acids is 9. The highest BCUT2D eigenvalue weighted by Crippen LogP contribution is 2.27. The number of urea groups is 1. The van der Waals surface area contributed by atoms with E-state index in [9.17, 15) is 57.8 Å². The van der Waals surface area contributed by atoms with E-state index >= 15 is 0 Å². The van der Waals surface area contributed by atoms with Gasteiger partial charge < -0.3 is 47.0 Å². The van der Waals surface area contributed by atoms with Crippen LogP contribution < -0.4 is 31.9 Å². The van der Waals surface area contributed by atoms with Crippen LogP contribution in [0.15, 0.2) is 30.9 Å². The Hall–Kier alpha value is -6.09. The average Bonchev–Trinajstić information content (AvgIpc) is 3.55. The van der Waals surface area contributed by atoms with Crippen LogP contribution >= 0.6 is 23.2 Å². The number of hydrogen-bond donors (Lipinski definition) is 8. The number of rotatable bonds is 26. The summed E-state index contributed by atoms with van der Waals surface area (Å²) >= 11 is 12.3. The lowest BCUT2D eigenvalue weighted by molar-refractivity contribution is -0.142. The molecule has 21 nitrogen and oxygen atoms in total. The van der Waals surface area contributed by atoms with Gasteiger partial charge in [0.2, 0.25) is 35.3 Å². The molecule has 0 radical (unpaired) electrons. The first-order chi connectivity index (χ1) is 30.4. The second-order valence-corrected chi connectivity index (χ2v) is 16.8. The number of carbonyl (C=O) groups is 11. The Morgan fingerprint density at radius 3 is 1.83 bits per heavy atom. The van der Waals surface area contributed by atoms with E-state index in [4.69, 9.17) is 28.3 Å². The first-order valence-corrected chi connectivity index (χ1v) is 21.6. The Morgan fingerprint density at radius 2 is 1.32 bits per heavy atom. The zero-order valence-corrected chi connectivity index (χ0v) is 38.5. The maximum atomic E-state index is 14.6. The monoisotopic (exact) mass is 952 g/mol. The van der Waals surface area contributed by atoms with Crippen LogP contribution in [0.25, 0.3) is 0 Å². The fourth-order valence-electron chi connectivity index (χ4n) is 6.61. The minimum Gasteiger partial charge on any atom is -0.481 e. The number of nitrogens with zero attached hydrogens (tertiary/aromatic N) is 2. The third-order valence-corrected chi connectivity index (χ3v) is 10.8. The number of halogens is 2. The second-order valence-electron chi connectivity index (χ2n) is 16.0. The summed E-state index contributed by atoms with van der Waals surface area (Å²) in [6.45, 7) is 11.9. The van der Waals surface area contributed by atoms with Crippen LogP contribution in [0, 0.1) is 11.8 Å². The molecule has 1 aliphatic heterocycles. The number of nitrogens with one attached hydrogen (secondary N) is 6. The molecule has 8 N–H and O–H groups in total. The van der Waals surface area contributed by atoms with Gasteiger partial charge in [0.05, 0.1) is 22.6 Å². The molecule has 1 aliphatic rings. The van der Waals surface area contributed by atoms with Crippen molar-refractivity contribution >= 4 is 88.3 Å². The van der Waals surface area contributed by atoms with Crippen molar-refractivity contribution in [2.75, 3.05) is 13.1 Å². The zero-order valence-electron chi connectivity index (χ0n) is 37.0. The third kappa shape index (κ3) is 16.8. The number of hydrogen-bond acceptors (Lipinski definition) is 11. The van der Waals surface area contributed by atoms with Crippen molar-refractivity contribution in [3.8, 4) is 0 Å². The Morgan fingerprint density at radius 1 is 0.769 bits per heavy atom. The number of amides is 9. The Labute approximate surface area is 386 Å². The number of carboxylic acids is 2. The molecule has 358 valence electrons. The van der Waals surface area contributed by atoms with Crippen LogP contribution in [0.2, 0.25) is 10.0 Å². The van der Waals surface area contributed by atoms with Crippen molar-refractivity contribution in [2.24, 2.45) is 11.8 Å². The highest BCUT2D eigenvalue weighted by atomic mass is 35.5. The van der Waals surface area contributed by atoms with Crippen molar-refractivity contribution in [1.82, 2.24) is 41.7 Å². The highest BCUT2D eigenvalue weighted by molar-refractivity contribution is 6.42. The normalized spacial score (nSPS) is 15.8. The summed E-state index contributed by atoms with van der Waals surface area (Å²) in [6.07, 6.45) is -0.271. The minimum atomic E-state index is -1.60. The first kappa shape index (κ1) is 55.0. The molecule has 0 aromatic heterocycles.